The highest BCUT2D eigenvalue weighted by atomic mass is 16.6. The molecule has 8 nitrogen and oxygen atoms in total. The fourth-order valence-corrected chi connectivity index (χ4v) is 5.93. The third-order valence-corrected chi connectivity index (χ3v) is 7.69. The summed E-state index contributed by atoms with van der Waals surface area (Å²) < 4.78 is 11.7. The number of nitrogens with one attached hydrogen (secondary N) is 1. The highest BCUT2D eigenvalue weighted by molar-refractivity contribution is 6.09. The lowest BCUT2D eigenvalue weighted by molar-refractivity contribution is -0.122. The van der Waals surface area contributed by atoms with Crippen LogP contribution in [0.2, 0.25) is 0 Å². The number of hydrazone groups is 1. The van der Waals surface area contributed by atoms with Gasteiger partial charge in [0.2, 0.25) is 0 Å². The van der Waals surface area contributed by atoms with Gasteiger partial charge in [0, 0.05) is 23.9 Å². The lowest BCUT2D eigenvalue weighted by atomic mass is 9.54. The second-order valence-electron chi connectivity index (χ2n) is 10.9. The molecule has 5 rings (SSSR count). The number of benzene rings is 1. The van der Waals surface area contributed by atoms with Crippen molar-refractivity contribution < 1.29 is 19.1 Å². The van der Waals surface area contributed by atoms with Crippen molar-refractivity contribution >= 4 is 23.5 Å². The maximum absolute atomic E-state index is 12.9. The van der Waals surface area contributed by atoms with Gasteiger partial charge in [0.15, 0.2) is 5.84 Å². The Hall–Kier alpha value is -2.77. The number of ether oxygens (including phenoxy) is 2. The van der Waals surface area contributed by atoms with Gasteiger partial charge in [-0.1, -0.05) is 20.8 Å². The van der Waals surface area contributed by atoms with Crippen LogP contribution in [-0.4, -0.2) is 53.6 Å². The molecule has 1 aromatic carbocycles. The normalized spacial score (nSPS) is 32.8. The minimum absolute atomic E-state index is 0.0467. The van der Waals surface area contributed by atoms with Crippen molar-refractivity contribution in [2.45, 2.75) is 78.0 Å². The third kappa shape index (κ3) is 2.84. The summed E-state index contributed by atoms with van der Waals surface area (Å²) in [5.41, 5.74) is 5.35. The van der Waals surface area contributed by atoms with Crippen LogP contribution in [0.3, 0.4) is 0 Å². The van der Waals surface area contributed by atoms with Gasteiger partial charge in [0.25, 0.3) is 5.91 Å². The Kier molecular flexibility index (Phi) is 4.36. The maximum atomic E-state index is 12.9. The monoisotopic (exact) mass is 440 g/mol. The molecular formula is C24H32N4O4. The minimum Gasteiger partial charge on any atom is -0.483 e. The van der Waals surface area contributed by atoms with Crippen LogP contribution < -0.4 is 15.1 Å². The molecule has 5 atom stereocenters. The Morgan fingerprint density at radius 2 is 1.97 bits per heavy atom. The molecule has 2 amide bonds. The molecule has 172 valence electrons. The first-order valence-electron chi connectivity index (χ1n) is 11.4. The van der Waals surface area contributed by atoms with Gasteiger partial charge in [-0.25, -0.2) is 10.2 Å². The van der Waals surface area contributed by atoms with Gasteiger partial charge < -0.3 is 19.3 Å². The van der Waals surface area contributed by atoms with Crippen LogP contribution in [0.1, 0.15) is 71.4 Å². The first-order chi connectivity index (χ1) is 14.9. The molecule has 0 bridgehead atoms. The van der Waals surface area contributed by atoms with Gasteiger partial charge >= 0.3 is 6.09 Å². The van der Waals surface area contributed by atoms with E-state index in [1.54, 1.807) is 0 Å². The maximum Gasteiger partial charge on any atom is 0.410 e. The predicted molar refractivity (Wildman–Crippen MR) is 121 cm³/mol. The number of amides is 2. The molecule has 8 heteroatoms. The number of fused-ring (bicyclic) bond motifs is 5. The van der Waals surface area contributed by atoms with E-state index in [-0.39, 0.29) is 41.3 Å². The number of likely N-dealkylation sites (tertiary alicyclic amines) is 1. The largest absolute Gasteiger partial charge is 0.483 e. The molecule has 3 heterocycles. The number of nitrogens with zero attached hydrogens (tertiary/aromatic N) is 3. The van der Waals surface area contributed by atoms with Crippen molar-refractivity contribution in [1.29, 1.82) is 0 Å². The lowest BCUT2D eigenvalue weighted by Crippen LogP contribution is -2.70. The molecule has 5 unspecified atom stereocenters. The van der Waals surface area contributed by atoms with Crippen LogP contribution in [0.25, 0.3) is 0 Å². The molecule has 1 aliphatic carbocycles. The van der Waals surface area contributed by atoms with Crippen molar-refractivity contribution in [2.24, 2.45) is 10.5 Å². The topological polar surface area (TPSA) is 83.5 Å². The summed E-state index contributed by atoms with van der Waals surface area (Å²) in [5.74, 6) is 1.72. The van der Waals surface area contributed by atoms with Gasteiger partial charge in [-0.2, -0.15) is 5.10 Å². The minimum atomic E-state index is -0.520. The number of rotatable bonds is 0. The quantitative estimate of drug-likeness (QED) is 0.667. The molecule has 0 aromatic heterocycles. The smallest absolute Gasteiger partial charge is 0.410 e. The fourth-order valence-electron chi connectivity index (χ4n) is 5.93. The second kappa shape index (κ2) is 6.62. The Balaban J connectivity index is 1.54. The predicted octanol–water partition coefficient (Wildman–Crippen LogP) is 3.56. The van der Waals surface area contributed by atoms with Crippen LogP contribution in [0, 0.1) is 5.41 Å². The average molecular weight is 441 g/mol. The van der Waals surface area contributed by atoms with Crippen molar-refractivity contribution in [3.05, 3.63) is 23.3 Å². The summed E-state index contributed by atoms with van der Waals surface area (Å²) in [6, 6.07) is 3.99. The van der Waals surface area contributed by atoms with Crippen molar-refractivity contribution in [2.75, 3.05) is 18.1 Å². The Morgan fingerprint density at radius 1 is 1.25 bits per heavy atom. The van der Waals surface area contributed by atoms with Gasteiger partial charge in [-0.05, 0) is 56.9 Å². The summed E-state index contributed by atoms with van der Waals surface area (Å²) in [5, 5.41) is 4.20. The van der Waals surface area contributed by atoms with Crippen LogP contribution in [0.5, 0.6) is 5.75 Å². The van der Waals surface area contributed by atoms with E-state index in [0.717, 1.165) is 11.4 Å². The van der Waals surface area contributed by atoms with Crippen LogP contribution in [0.4, 0.5) is 10.5 Å². The van der Waals surface area contributed by atoms with Crippen molar-refractivity contribution in [3.63, 3.8) is 0 Å². The Morgan fingerprint density at radius 3 is 2.66 bits per heavy atom. The molecule has 0 radical (unpaired) electrons. The Bertz CT molecular complexity index is 1050. The molecule has 1 N–H and O–H groups in total. The van der Waals surface area contributed by atoms with E-state index in [4.69, 9.17) is 9.47 Å². The number of carbonyl (C=O) groups excluding carboxylic acids is 2. The van der Waals surface area contributed by atoms with E-state index in [2.05, 4.69) is 43.4 Å². The van der Waals surface area contributed by atoms with E-state index < -0.39 is 5.60 Å². The van der Waals surface area contributed by atoms with E-state index in [1.165, 1.54) is 11.1 Å². The van der Waals surface area contributed by atoms with Gasteiger partial charge in [-0.15, -0.1) is 0 Å². The average Bonchev–Trinajstić information content (AvgIpc) is 2.70. The molecule has 1 saturated heterocycles. The number of hydrogen-bond donors (Lipinski definition) is 1. The number of amidine groups is 1. The van der Waals surface area contributed by atoms with E-state index >= 15 is 0 Å². The molecule has 3 aliphatic heterocycles. The van der Waals surface area contributed by atoms with Crippen molar-refractivity contribution in [1.82, 2.24) is 10.3 Å². The zero-order valence-corrected chi connectivity index (χ0v) is 19.9. The summed E-state index contributed by atoms with van der Waals surface area (Å²) in [4.78, 5) is 29.0. The second-order valence-corrected chi connectivity index (χ2v) is 10.9. The third-order valence-electron chi connectivity index (χ3n) is 7.69. The zero-order valence-electron chi connectivity index (χ0n) is 19.9. The van der Waals surface area contributed by atoms with Crippen LogP contribution >= 0.6 is 0 Å². The van der Waals surface area contributed by atoms with Crippen LogP contribution in [-0.2, 0) is 9.53 Å². The number of anilines is 1. The molecule has 0 spiro atoms. The van der Waals surface area contributed by atoms with E-state index in [0.29, 0.717) is 19.0 Å². The number of carbonyl (C=O) groups is 2. The summed E-state index contributed by atoms with van der Waals surface area (Å²) in [6.07, 6.45) is -0.245. The molecule has 4 aliphatic rings. The molecule has 32 heavy (non-hydrogen) atoms. The Labute approximate surface area is 188 Å². The highest BCUT2D eigenvalue weighted by Gasteiger charge is 2.60. The standard InChI is InChI=1S/C24H32N4O4/c1-12-15-9-18-17(28-14(3)21(29)26-25-19(28)10-31-18)8-16(15)13(2)24(7)11-27(20(12)24)22(30)32-23(4,5)6/h8-9,12-14,20H,10-11H2,1-7H3,(H,26,29). The molecule has 1 fully saturated rings. The first kappa shape index (κ1) is 21.1. The van der Waals surface area contributed by atoms with Crippen LogP contribution in [0.15, 0.2) is 17.2 Å². The van der Waals surface area contributed by atoms with Gasteiger partial charge in [0.05, 0.1) is 5.69 Å². The highest BCUT2D eigenvalue weighted by Crippen LogP contribution is 2.59. The van der Waals surface area contributed by atoms with E-state index in [1.807, 2.05) is 37.5 Å². The van der Waals surface area contributed by atoms with Crippen molar-refractivity contribution in [3.8, 4) is 5.75 Å². The first-order valence-corrected chi connectivity index (χ1v) is 11.4. The SMILES string of the molecule is CC1c2cc3c(cc2C(C)C2(C)CN(C(=O)OC(C)(C)C)C12)N1C(=NNC(=O)C1C)CO3. The molecule has 0 saturated carbocycles. The fraction of sp³-hybridized carbons (Fsp3) is 0.625. The summed E-state index contributed by atoms with van der Waals surface area (Å²) in [6.45, 7) is 15.2. The van der Waals surface area contributed by atoms with E-state index in [9.17, 15) is 9.59 Å². The number of hydrogen-bond acceptors (Lipinski definition) is 6. The van der Waals surface area contributed by atoms with Gasteiger partial charge in [0.1, 0.15) is 24.0 Å². The zero-order chi connectivity index (χ0) is 23.2. The van der Waals surface area contributed by atoms with Gasteiger partial charge in [-0.3, -0.25) is 4.79 Å². The summed E-state index contributed by atoms with van der Waals surface area (Å²) >= 11 is 0. The molecular weight excluding hydrogens is 408 g/mol. The molecule has 1 aromatic rings. The lowest BCUT2D eigenvalue weighted by Gasteiger charge is -2.63. The summed E-state index contributed by atoms with van der Waals surface area (Å²) in [7, 11) is 0.